The van der Waals surface area contributed by atoms with Crippen LogP contribution in [0.1, 0.15) is 47.3 Å². The molecule has 0 bridgehead atoms. The molecule has 0 atom stereocenters. The average Bonchev–Trinajstić information content (AvgIpc) is 3.32. The molecular weight excluding hydrogens is 397 g/mol. The van der Waals surface area contributed by atoms with Crippen molar-refractivity contribution in [1.82, 2.24) is 24.5 Å². The van der Waals surface area contributed by atoms with Crippen LogP contribution in [0.3, 0.4) is 0 Å². The Hall–Kier alpha value is -3.17. The molecule has 0 aromatic carbocycles. The summed E-state index contributed by atoms with van der Waals surface area (Å²) in [5, 5.41) is 7.78. The van der Waals surface area contributed by atoms with Crippen molar-refractivity contribution >= 4 is 5.91 Å². The molecule has 0 radical (unpaired) electrons. The van der Waals surface area contributed by atoms with E-state index < -0.39 is 17.8 Å². The molecule has 0 saturated carbocycles. The highest BCUT2D eigenvalue weighted by atomic mass is 19.4. The molecule has 3 aromatic rings. The van der Waals surface area contributed by atoms with E-state index in [0.29, 0.717) is 6.07 Å². The van der Waals surface area contributed by atoms with Crippen LogP contribution in [0.4, 0.5) is 13.2 Å². The first-order valence-corrected chi connectivity index (χ1v) is 9.62. The Morgan fingerprint density at radius 3 is 2.53 bits per heavy atom. The van der Waals surface area contributed by atoms with Crippen LogP contribution in [0.25, 0.3) is 11.3 Å². The summed E-state index contributed by atoms with van der Waals surface area (Å²) < 4.78 is 39.0. The summed E-state index contributed by atoms with van der Waals surface area (Å²) in [7, 11) is 1.22. The van der Waals surface area contributed by atoms with E-state index in [1.807, 2.05) is 12.3 Å². The second-order valence-electron chi connectivity index (χ2n) is 6.99. The normalized spacial score (nSPS) is 13.4. The van der Waals surface area contributed by atoms with Crippen LogP contribution in [-0.2, 0) is 32.6 Å². The molecule has 7 nitrogen and oxygen atoms in total. The number of carbonyl (C=O) groups is 1. The number of fused-ring (bicyclic) bond motifs is 1. The van der Waals surface area contributed by atoms with Crippen molar-refractivity contribution in [2.75, 3.05) is 0 Å². The van der Waals surface area contributed by atoms with Crippen molar-refractivity contribution in [3.63, 3.8) is 0 Å². The third kappa shape index (κ3) is 4.87. The van der Waals surface area contributed by atoms with Crippen LogP contribution >= 0.6 is 0 Å². The average molecular weight is 420 g/mol. The lowest BCUT2D eigenvalue weighted by atomic mass is 10.1. The molecule has 0 aliphatic carbocycles. The first-order valence-electron chi connectivity index (χ1n) is 9.62. The SMILES string of the molecule is CCc1cc(-c2cc3n(n2)CCCC3)ccn1.Cn1nc(C(F)(F)F)cc1C(N)=O. The van der Waals surface area contributed by atoms with Crippen LogP contribution in [0, 0.1) is 0 Å². The maximum Gasteiger partial charge on any atom is 0.435 e. The van der Waals surface area contributed by atoms with Gasteiger partial charge in [0.15, 0.2) is 5.69 Å². The molecule has 3 aromatic heterocycles. The Kier molecular flexibility index (Phi) is 6.23. The summed E-state index contributed by atoms with van der Waals surface area (Å²) in [6.07, 6.45) is 2.02. The van der Waals surface area contributed by atoms with Crippen LogP contribution in [0.2, 0.25) is 0 Å². The Morgan fingerprint density at radius 2 is 1.97 bits per heavy atom. The number of pyridine rings is 1. The van der Waals surface area contributed by atoms with Gasteiger partial charge >= 0.3 is 6.18 Å². The predicted molar refractivity (Wildman–Crippen MR) is 105 cm³/mol. The quantitative estimate of drug-likeness (QED) is 0.703. The smallest absolute Gasteiger partial charge is 0.364 e. The Bertz CT molecular complexity index is 1010. The summed E-state index contributed by atoms with van der Waals surface area (Å²) in [4.78, 5) is 14.9. The Morgan fingerprint density at radius 1 is 1.20 bits per heavy atom. The number of amides is 1. The van der Waals surface area contributed by atoms with E-state index in [-0.39, 0.29) is 5.69 Å². The van der Waals surface area contributed by atoms with Crippen molar-refractivity contribution in [3.8, 4) is 11.3 Å². The molecule has 0 unspecified atom stereocenters. The van der Waals surface area contributed by atoms with E-state index in [1.54, 1.807) is 0 Å². The van der Waals surface area contributed by atoms with Gasteiger partial charge in [0, 0.05) is 42.8 Å². The Balaban J connectivity index is 0.000000178. The topological polar surface area (TPSA) is 91.6 Å². The Labute approximate surface area is 171 Å². The maximum absolute atomic E-state index is 12.0. The molecule has 10 heteroatoms. The standard InChI is InChI=1S/C14H17N3.C6H6F3N3O/c1-2-12-9-11(6-7-15-12)14-10-13-5-3-4-8-17(13)16-14;1-12-3(5(10)13)2-4(11-12)6(7,8)9/h6-7,9-10H,2-5,8H2,1H3;2H,1H3,(H2,10,13). The van der Waals surface area contributed by atoms with Crippen molar-refractivity contribution in [1.29, 1.82) is 0 Å². The lowest BCUT2D eigenvalue weighted by molar-refractivity contribution is -0.141. The minimum absolute atomic E-state index is 0.271. The highest BCUT2D eigenvalue weighted by Gasteiger charge is 2.35. The summed E-state index contributed by atoms with van der Waals surface area (Å²) in [6.45, 7) is 3.20. The van der Waals surface area contributed by atoms with Gasteiger partial charge in [0.25, 0.3) is 5.91 Å². The van der Waals surface area contributed by atoms with E-state index in [4.69, 9.17) is 5.73 Å². The van der Waals surface area contributed by atoms with E-state index in [1.165, 1.54) is 37.6 Å². The number of nitrogens with zero attached hydrogens (tertiary/aromatic N) is 5. The number of nitrogens with two attached hydrogens (primary N) is 1. The summed E-state index contributed by atoms with van der Waals surface area (Å²) in [6, 6.07) is 7.04. The molecule has 4 heterocycles. The van der Waals surface area contributed by atoms with Gasteiger partial charge in [0.05, 0.1) is 5.69 Å². The maximum atomic E-state index is 12.0. The van der Waals surface area contributed by atoms with Crippen LogP contribution in [0.15, 0.2) is 30.5 Å². The number of carbonyl (C=O) groups excluding carboxylic acids is 1. The third-order valence-electron chi connectivity index (χ3n) is 4.81. The van der Waals surface area contributed by atoms with Gasteiger partial charge in [-0.2, -0.15) is 23.4 Å². The molecule has 1 aliphatic rings. The van der Waals surface area contributed by atoms with E-state index in [2.05, 4.69) is 38.9 Å². The zero-order valence-electron chi connectivity index (χ0n) is 16.8. The van der Waals surface area contributed by atoms with E-state index >= 15 is 0 Å². The lowest BCUT2D eigenvalue weighted by Gasteiger charge is -2.11. The number of rotatable bonds is 3. The van der Waals surface area contributed by atoms with Gasteiger partial charge in [-0.3, -0.25) is 19.1 Å². The number of hydrogen-bond donors (Lipinski definition) is 1. The van der Waals surface area contributed by atoms with Crippen LogP contribution in [-0.4, -0.2) is 30.5 Å². The van der Waals surface area contributed by atoms with Gasteiger partial charge < -0.3 is 5.73 Å². The number of aryl methyl sites for hydroxylation is 4. The molecule has 0 spiro atoms. The molecule has 30 heavy (non-hydrogen) atoms. The first-order chi connectivity index (χ1) is 14.2. The van der Waals surface area contributed by atoms with Gasteiger partial charge in [-0.15, -0.1) is 0 Å². The van der Waals surface area contributed by atoms with Crippen molar-refractivity contribution in [3.05, 3.63) is 53.2 Å². The fourth-order valence-electron chi connectivity index (χ4n) is 3.23. The predicted octanol–water partition coefficient (Wildman–Crippen LogP) is 3.38. The molecule has 0 fully saturated rings. The minimum Gasteiger partial charge on any atom is -0.364 e. The number of aromatic nitrogens is 5. The van der Waals surface area contributed by atoms with Gasteiger partial charge in [0.1, 0.15) is 5.69 Å². The number of hydrogen-bond acceptors (Lipinski definition) is 4. The van der Waals surface area contributed by atoms with Gasteiger partial charge in [-0.25, -0.2) is 0 Å². The first kappa shape index (κ1) is 21.5. The van der Waals surface area contributed by atoms with E-state index in [9.17, 15) is 18.0 Å². The van der Waals surface area contributed by atoms with E-state index in [0.717, 1.165) is 29.0 Å². The molecule has 2 N–H and O–H groups in total. The lowest BCUT2D eigenvalue weighted by Crippen LogP contribution is -2.15. The molecule has 0 saturated heterocycles. The summed E-state index contributed by atoms with van der Waals surface area (Å²) in [5.41, 5.74) is 8.21. The highest BCUT2D eigenvalue weighted by Crippen LogP contribution is 2.28. The zero-order valence-corrected chi connectivity index (χ0v) is 16.8. The minimum atomic E-state index is -4.55. The monoisotopic (exact) mass is 420 g/mol. The van der Waals surface area contributed by atoms with Gasteiger partial charge in [-0.1, -0.05) is 6.92 Å². The molecular formula is C20H23F3N6O. The van der Waals surface area contributed by atoms with Crippen LogP contribution in [0.5, 0.6) is 0 Å². The van der Waals surface area contributed by atoms with Crippen molar-refractivity contribution in [2.45, 2.75) is 45.3 Å². The highest BCUT2D eigenvalue weighted by molar-refractivity contribution is 5.91. The second-order valence-corrected chi connectivity index (χ2v) is 6.99. The largest absolute Gasteiger partial charge is 0.435 e. The zero-order chi connectivity index (χ0) is 21.9. The number of primary amides is 1. The van der Waals surface area contributed by atoms with Gasteiger partial charge in [-0.05, 0) is 43.9 Å². The van der Waals surface area contributed by atoms with Gasteiger partial charge in [0.2, 0.25) is 0 Å². The van der Waals surface area contributed by atoms with Crippen LogP contribution < -0.4 is 5.73 Å². The fourth-order valence-corrected chi connectivity index (χ4v) is 3.23. The summed E-state index contributed by atoms with van der Waals surface area (Å²) in [5.74, 6) is -0.939. The van der Waals surface area contributed by atoms with Crippen molar-refractivity contribution in [2.24, 2.45) is 12.8 Å². The molecule has 160 valence electrons. The van der Waals surface area contributed by atoms with Crippen molar-refractivity contribution < 1.29 is 18.0 Å². The molecule has 1 amide bonds. The third-order valence-corrected chi connectivity index (χ3v) is 4.81. The molecule has 4 rings (SSSR count). The number of alkyl halides is 3. The summed E-state index contributed by atoms with van der Waals surface area (Å²) >= 11 is 0. The molecule has 1 aliphatic heterocycles. The number of halogens is 3. The fraction of sp³-hybridized carbons (Fsp3) is 0.400. The second kappa shape index (κ2) is 8.68.